The summed E-state index contributed by atoms with van der Waals surface area (Å²) in [5.74, 6) is -0.293. The Balaban J connectivity index is 2.04. The van der Waals surface area contributed by atoms with E-state index in [4.69, 9.17) is 0 Å². The number of aliphatic hydroxyl groups is 1. The standard InChI is InChI=1S/C17H20FNO/c1-13(20)15-8-9-17(16(18)12-15)19(2)11-10-14-6-4-3-5-7-14/h3-9,12-13,20H,10-11H2,1-2H3/t13-/m0/s1. The molecule has 0 fully saturated rings. The van der Waals surface area contributed by atoms with E-state index in [0.29, 0.717) is 11.3 Å². The van der Waals surface area contributed by atoms with Crippen LogP contribution < -0.4 is 4.90 Å². The van der Waals surface area contributed by atoms with E-state index in [1.54, 1.807) is 19.1 Å². The fourth-order valence-electron chi connectivity index (χ4n) is 2.15. The quantitative estimate of drug-likeness (QED) is 0.900. The average Bonchev–Trinajstić information content (AvgIpc) is 2.45. The van der Waals surface area contributed by atoms with Crippen molar-refractivity contribution in [1.29, 1.82) is 0 Å². The Morgan fingerprint density at radius 1 is 1.15 bits per heavy atom. The van der Waals surface area contributed by atoms with Gasteiger partial charge in [0, 0.05) is 13.6 Å². The van der Waals surface area contributed by atoms with Crippen LogP contribution in [0.15, 0.2) is 48.5 Å². The van der Waals surface area contributed by atoms with Gasteiger partial charge in [0.25, 0.3) is 0 Å². The Labute approximate surface area is 119 Å². The summed E-state index contributed by atoms with van der Waals surface area (Å²) in [7, 11) is 1.88. The number of hydrogen-bond acceptors (Lipinski definition) is 2. The van der Waals surface area contributed by atoms with Gasteiger partial charge in [0.1, 0.15) is 5.82 Å². The minimum atomic E-state index is -0.645. The van der Waals surface area contributed by atoms with Crippen molar-refractivity contribution in [3.8, 4) is 0 Å². The summed E-state index contributed by atoms with van der Waals surface area (Å²) in [6.07, 6.45) is 0.225. The fourth-order valence-corrected chi connectivity index (χ4v) is 2.15. The average molecular weight is 273 g/mol. The zero-order valence-corrected chi connectivity index (χ0v) is 11.9. The molecule has 0 aliphatic heterocycles. The Morgan fingerprint density at radius 3 is 2.45 bits per heavy atom. The molecule has 0 spiro atoms. The Bertz CT molecular complexity index is 554. The van der Waals surface area contributed by atoms with Crippen LogP contribution in [-0.4, -0.2) is 18.7 Å². The largest absolute Gasteiger partial charge is 0.389 e. The molecule has 0 radical (unpaired) electrons. The topological polar surface area (TPSA) is 23.5 Å². The third-order valence-corrected chi connectivity index (χ3v) is 3.44. The molecule has 0 aliphatic rings. The molecule has 106 valence electrons. The molecule has 2 nitrogen and oxygen atoms in total. The van der Waals surface area contributed by atoms with E-state index in [2.05, 4.69) is 12.1 Å². The molecule has 20 heavy (non-hydrogen) atoms. The van der Waals surface area contributed by atoms with E-state index >= 15 is 0 Å². The zero-order valence-electron chi connectivity index (χ0n) is 11.9. The van der Waals surface area contributed by atoms with Crippen molar-refractivity contribution in [3.63, 3.8) is 0 Å². The van der Waals surface area contributed by atoms with Crippen molar-refractivity contribution >= 4 is 5.69 Å². The lowest BCUT2D eigenvalue weighted by atomic mass is 10.1. The van der Waals surface area contributed by atoms with Crippen molar-refractivity contribution in [3.05, 3.63) is 65.5 Å². The number of anilines is 1. The van der Waals surface area contributed by atoms with E-state index in [0.717, 1.165) is 13.0 Å². The zero-order chi connectivity index (χ0) is 14.5. The highest BCUT2D eigenvalue weighted by molar-refractivity contribution is 5.49. The van der Waals surface area contributed by atoms with Crippen LogP contribution in [0.4, 0.5) is 10.1 Å². The van der Waals surface area contributed by atoms with E-state index in [9.17, 15) is 9.50 Å². The van der Waals surface area contributed by atoms with Crippen LogP contribution in [-0.2, 0) is 6.42 Å². The molecule has 3 heteroatoms. The molecule has 0 aromatic heterocycles. The molecule has 1 atom stereocenters. The second-order valence-electron chi connectivity index (χ2n) is 5.04. The number of likely N-dealkylation sites (N-methyl/N-ethyl adjacent to an activating group) is 1. The molecule has 0 saturated heterocycles. The van der Waals surface area contributed by atoms with Crippen LogP contribution in [0.1, 0.15) is 24.2 Å². The summed E-state index contributed by atoms with van der Waals surface area (Å²) < 4.78 is 14.0. The van der Waals surface area contributed by atoms with Crippen LogP contribution in [0.25, 0.3) is 0 Å². The molecule has 2 aromatic rings. The summed E-state index contributed by atoms with van der Waals surface area (Å²) in [6.45, 7) is 2.38. The number of rotatable bonds is 5. The summed E-state index contributed by atoms with van der Waals surface area (Å²) in [6, 6.07) is 15.0. The second-order valence-corrected chi connectivity index (χ2v) is 5.04. The van der Waals surface area contributed by atoms with Crippen molar-refractivity contribution in [2.75, 3.05) is 18.5 Å². The summed E-state index contributed by atoms with van der Waals surface area (Å²) in [5, 5.41) is 9.45. The minimum absolute atomic E-state index is 0.293. The first-order valence-electron chi connectivity index (χ1n) is 6.80. The number of aliphatic hydroxyl groups excluding tert-OH is 1. The van der Waals surface area contributed by atoms with Crippen LogP contribution in [0.5, 0.6) is 0 Å². The van der Waals surface area contributed by atoms with Gasteiger partial charge in [-0.2, -0.15) is 0 Å². The van der Waals surface area contributed by atoms with E-state index < -0.39 is 6.10 Å². The molecule has 1 N–H and O–H groups in total. The monoisotopic (exact) mass is 273 g/mol. The number of benzene rings is 2. The molecular formula is C17H20FNO. The van der Waals surface area contributed by atoms with Crippen molar-refractivity contribution in [2.24, 2.45) is 0 Å². The van der Waals surface area contributed by atoms with E-state index in [1.807, 2.05) is 30.1 Å². The Hall–Kier alpha value is -1.87. The number of nitrogens with zero attached hydrogens (tertiary/aromatic N) is 1. The van der Waals surface area contributed by atoms with Crippen molar-refractivity contribution in [1.82, 2.24) is 0 Å². The maximum Gasteiger partial charge on any atom is 0.146 e. The SMILES string of the molecule is C[C@H](O)c1ccc(N(C)CCc2ccccc2)c(F)c1. The van der Waals surface area contributed by atoms with Gasteiger partial charge in [0.2, 0.25) is 0 Å². The van der Waals surface area contributed by atoms with Gasteiger partial charge in [-0.15, -0.1) is 0 Å². The van der Waals surface area contributed by atoms with Crippen LogP contribution in [0.2, 0.25) is 0 Å². The van der Waals surface area contributed by atoms with Crippen LogP contribution in [0.3, 0.4) is 0 Å². The summed E-state index contributed by atoms with van der Waals surface area (Å²) >= 11 is 0. The highest BCUT2D eigenvalue weighted by atomic mass is 19.1. The molecule has 0 unspecified atom stereocenters. The van der Waals surface area contributed by atoms with Crippen molar-refractivity contribution < 1.29 is 9.50 Å². The first kappa shape index (κ1) is 14.5. The smallest absolute Gasteiger partial charge is 0.146 e. The Kier molecular flexibility index (Phi) is 4.74. The van der Waals surface area contributed by atoms with Gasteiger partial charge in [-0.05, 0) is 36.6 Å². The minimum Gasteiger partial charge on any atom is -0.389 e. The predicted octanol–water partition coefficient (Wildman–Crippen LogP) is 3.56. The molecule has 0 saturated carbocycles. The normalized spacial score (nSPS) is 12.2. The van der Waals surface area contributed by atoms with Crippen molar-refractivity contribution in [2.45, 2.75) is 19.4 Å². The number of halogens is 1. The lowest BCUT2D eigenvalue weighted by Gasteiger charge is -2.20. The first-order chi connectivity index (χ1) is 9.58. The maximum absolute atomic E-state index is 14.0. The first-order valence-corrected chi connectivity index (χ1v) is 6.80. The van der Waals surface area contributed by atoms with E-state index in [-0.39, 0.29) is 5.82 Å². The number of hydrogen-bond donors (Lipinski definition) is 1. The fraction of sp³-hybridized carbons (Fsp3) is 0.294. The Morgan fingerprint density at radius 2 is 1.85 bits per heavy atom. The molecule has 2 aromatic carbocycles. The third kappa shape index (κ3) is 3.58. The highest BCUT2D eigenvalue weighted by Gasteiger charge is 2.10. The molecule has 0 amide bonds. The molecular weight excluding hydrogens is 253 g/mol. The molecule has 0 heterocycles. The van der Waals surface area contributed by atoms with Gasteiger partial charge in [-0.1, -0.05) is 36.4 Å². The maximum atomic E-state index is 14.0. The predicted molar refractivity (Wildman–Crippen MR) is 80.4 cm³/mol. The molecule has 0 bridgehead atoms. The van der Waals surface area contributed by atoms with E-state index in [1.165, 1.54) is 11.6 Å². The van der Waals surface area contributed by atoms with Gasteiger partial charge in [0.15, 0.2) is 0 Å². The van der Waals surface area contributed by atoms with Gasteiger partial charge in [0.05, 0.1) is 11.8 Å². The lowest BCUT2D eigenvalue weighted by molar-refractivity contribution is 0.199. The third-order valence-electron chi connectivity index (χ3n) is 3.44. The highest BCUT2D eigenvalue weighted by Crippen LogP contribution is 2.22. The molecule has 0 aliphatic carbocycles. The van der Waals surface area contributed by atoms with Gasteiger partial charge in [-0.25, -0.2) is 4.39 Å². The second kappa shape index (κ2) is 6.53. The van der Waals surface area contributed by atoms with Gasteiger partial charge < -0.3 is 10.0 Å². The van der Waals surface area contributed by atoms with Crippen LogP contribution >= 0.6 is 0 Å². The van der Waals surface area contributed by atoms with Gasteiger partial charge >= 0.3 is 0 Å². The van der Waals surface area contributed by atoms with Gasteiger partial charge in [-0.3, -0.25) is 0 Å². The summed E-state index contributed by atoms with van der Waals surface area (Å²) in [5.41, 5.74) is 2.40. The summed E-state index contributed by atoms with van der Waals surface area (Å²) in [4.78, 5) is 1.90. The lowest BCUT2D eigenvalue weighted by Crippen LogP contribution is -2.21. The molecule has 2 rings (SSSR count). The van der Waals surface area contributed by atoms with Crippen LogP contribution in [0, 0.1) is 5.82 Å².